The van der Waals surface area contributed by atoms with E-state index in [9.17, 15) is 9.59 Å². The van der Waals surface area contributed by atoms with E-state index in [0.717, 1.165) is 0 Å². The van der Waals surface area contributed by atoms with Crippen LogP contribution in [0.5, 0.6) is 0 Å². The van der Waals surface area contributed by atoms with Crippen LogP contribution in [0.3, 0.4) is 0 Å². The van der Waals surface area contributed by atoms with Crippen LogP contribution in [0.15, 0.2) is 0 Å². The van der Waals surface area contributed by atoms with Gasteiger partial charge in [0.1, 0.15) is 6.10 Å². The lowest BCUT2D eigenvalue weighted by atomic mass is 10.1. The maximum Gasteiger partial charge on any atom is 0.303 e. The topological polar surface area (TPSA) is 94.9 Å². The molecule has 0 aliphatic carbocycles. The fourth-order valence-electron chi connectivity index (χ4n) is 1.92. The number of rotatable bonds is 5. The Hall–Kier alpha value is -0.410. The summed E-state index contributed by atoms with van der Waals surface area (Å²) in [6, 6.07) is 0. The van der Waals surface area contributed by atoms with E-state index in [4.69, 9.17) is 59.2 Å². The molecule has 7 nitrogen and oxygen atoms in total. The molecule has 1 aliphatic rings. The molecule has 1 rings (SSSR count). The minimum Gasteiger partial charge on any atom is -0.455 e. The minimum absolute atomic E-state index is 0.441. The van der Waals surface area contributed by atoms with Crippen molar-refractivity contribution < 1.29 is 28.5 Å². The standard InChI is InChI=1S/C12H16Cl3NO6S/c1-5(17)19-8-7(4-23-3)21-10(9(8)20-6(2)18)22-11(16)12(13,14)15/h7-10,16H,4H2,1-3H3/t7?,8-,9?,10?/m0/s1. The third-order valence-electron chi connectivity index (χ3n) is 2.69. The first kappa shape index (κ1) is 20.6. The van der Waals surface area contributed by atoms with Gasteiger partial charge in [-0.2, -0.15) is 11.8 Å². The molecule has 0 aromatic rings. The molecule has 0 saturated carbocycles. The van der Waals surface area contributed by atoms with Crippen LogP contribution in [0.2, 0.25) is 0 Å². The summed E-state index contributed by atoms with van der Waals surface area (Å²) in [6.45, 7) is 2.41. The van der Waals surface area contributed by atoms with Crippen molar-refractivity contribution in [1.82, 2.24) is 0 Å². The van der Waals surface area contributed by atoms with Crippen molar-refractivity contribution in [2.45, 2.75) is 42.2 Å². The van der Waals surface area contributed by atoms with Gasteiger partial charge in [-0.25, -0.2) is 0 Å². The summed E-state index contributed by atoms with van der Waals surface area (Å²) in [4.78, 5) is 22.6. The number of hydrogen-bond acceptors (Lipinski definition) is 8. The Morgan fingerprint density at radius 1 is 1.13 bits per heavy atom. The molecule has 11 heteroatoms. The Bertz CT molecular complexity index is 472. The van der Waals surface area contributed by atoms with Gasteiger partial charge in [-0.15, -0.1) is 0 Å². The lowest BCUT2D eigenvalue weighted by Crippen LogP contribution is -2.42. The molecular weight excluding hydrogens is 393 g/mol. The van der Waals surface area contributed by atoms with E-state index in [1.807, 2.05) is 6.26 Å². The number of halogens is 3. The third kappa shape index (κ3) is 6.19. The van der Waals surface area contributed by atoms with Gasteiger partial charge < -0.3 is 18.9 Å². The van der Waals surface area contributed by atoms with E-state index in [2.05, 4.69) is 0 Å². The monoisotopic (exact) mass is 407 g/mol. The first-order valence-corrected chi connectivity index (χ1v) is 8.90. The van der Waals surface area contributed by atoms with Crippen molar-refractivity contribution in [1.29, 1.82) is 5.41 Å². The smallest absolute Gasteiger partial charge is 0.303 e. The summed E-state index contributed by atoms with van der Waals surface area (Å²) in [7, 11) is 0. The molecule has 0 bridgehead atoms. The van der Waals surface area contributed by atoms with E-state index in [1.54, 1.807) is 0 Å². The number of carbonyl (C=O) groups is 2. The quantitative estimate of drug-likeness (QED) is 0.323. The van der Waals surface area contributed by atoms with Crippen molar-refractivity contribution >= 4 is 64.4 Å². The maximum atomic E-state index is 11.3. The van der Waals surface area contributed by atoms with Crippen LogP contribution < -0.4 is 0 Å². The number of esters is 2. The molecule has 3 unspecified atom stereocenters. The fraction of sp³-hybridized carbons (Fsp3) is 0.750. The molecule has 0 spiro atoms. The van der Waals surface area contributed by atoms with Gasteiger partial charge in [-0.3, -0.25) is 15.0 Å². The molecule has 132 valence electrons. The highest BCUT2D eigenvalue weighted by molar-refractivity contribution is 7.98. The average molecular weight is 409 g/mol. The van der Waals surface area contributed by atoms with Gasteiger partial charge in [0.2, 0.25) is 18.3 Å². The molecule has 0 aromatic heterocycles. The zero-order chi connectivity index (χ0) is 17.8. The second-order valence-corrected chi connectivity index (χ2v) is 7.78. The Morgan fingerprint density at radius 3 is 2.09 bits per heavy atom. The number of carbonyl (C=O) groups excluding carboxylic acids is 2. The second-order valence-electron chi connectivity index (χ2n) is 4.59. The van der Waals surface area contributed by atoms with Gasteiger partial charge in [-0.1, -0.05) is 34.8 Å². The maximum absolute atomic E-state index is 11.3. The van der Waals surface area contributed by atoms with Gasteiger partial charge >= 0.3 is 11.9 Å². The zero-order valence-electron chi connectivity index (χ0n) is 12.5. The van der Waals surface area contributed by atoms with Crippen LogP contribution in [0.4, 0.5) is 0 Å². The first-order chi connectivity index (χ1) is 10.6. The van der Waals surface area contributed by atoms with Crippen molar-refractivity contribution in [3.63, 3.8) is 0 Å². The predicted molar refractivity (Wildman–Crippen MR) is 87.3 cm³/mol. The van der Waals surface area contributed by atoms with E-state index in [1.165, 1.54) is 25.6 Å². The van der Waals surface area contributed by atoms with Gasteiger partial charge in [0.15, 0.2) is 6.10 Å². The van der Waals surface area contributed by atoms with Crippen molar-refractivity contribution in [3.05, 3.63) is 0 Å². The molecule has 1 N–H and O–H groups in total. The summed E-state index contributed by atoms with van der Waals surface area (Å²) < 4.78 is 19.0. The van der Waals surface area contributed by atoms with Gasteiger partial charge in [0.25, 0.3) is 3.79 Å². The number of ether oxygens (including phenoxy) is 4. The Labute approximate surface area is 152 Å². The van der Waals surface area contributed by atoms with E-state index >= 15 is 0 Å². The van der Waals surface area contributed by atoms with Crippen LogP contribution in [0.25, 0.3) is 0 Å². The molecule has 1 aliphatic heterocycles. The number of nitrogens with one attached hydrogen (secondary N) is 1. The van der Waals surface area contributed by atoms with E-state index < -0.39 is 46.2 Å². The van der Waals surface area contributed by atoms with Gasteiger partial charge in [0.05, 0.1) is 0 Å². The van der Waals surface area contributed by atoms with Crippen LogP contribution in [-0.4, -0.2) is 58.2 Å². The Balaban J connectivity index is 2.99. The van der Waals surface area contributed by atoms with Crippen LogP contribution in [0.1, 0.15) is 13.8 Å². The SMILES string of the molecule is CSCC1OC(OC(=N)C(Cl)(Cl)Cl)C(OC(C)=O)[C@H]1OC(C)=O. The molecule has 4 atom stereocenters. The molecule has 1 fully saturated rings. The number of thioether (sulfide) groups is 1. The lowest BCUT2D eigenvalue weighted by Gasteiger charge is -2.24. The molecule has 1 saturated heterocycles. The van der Waals surface area contributed by atoms with Crippen LogP contribution in [0, 0.1) is 5.41 Å². The van der Waals surface area contributed by atoms with Crippen molar-refractivity contribution in [2.75, 3.05) is 12.0 Å². The minimum atomic E-state index is -2.10. The predicted octanol–water partition coefficient (Wildman–Crippen LogP) is 2.30. The van der Waals surface area contributed by atoms with E-state index in [-0.39, 0.29) is 0 Å². The largest absolute Gasteiger partial charge is 0.455 e. The fourth-order valence-corrected chi connectivity index (χ4v) is 2.65. The summed E-state index contributed by atoms with van der Waals surface area (Å²) in [6.07, 6.45) is -1.99. The Morgan fingerprint density at radius 2 is 1.65 bits per heavy atom. The molecule has 0 amide bonds. The van der Waals surface area contributed by atoms with E-state index in [0.29, 0.717) is 5.75 Å². The highest BCUT2D eigenvalue weighted by atomic mass is 35.6. The number of alkyl halides is 3. The van der Waals surface area contributed by atoms with Crippen molar-refractivity contribution in [3.8, 4) is 0 Å². The second kappa shape index (κ2) is 8.62. The van der Waals surface area contributed by atoms with Crippen LogP contribution in [-0.2, 0) is 28.5 Å². The summed E-state index contributed by atoms with van der Waals surface area (Å²) in [5.41, 5.74) is 0. The molecule has 1 heterocycles. The first-order valence-electron chi connectivity index (χ1n) is 6.37. The molecule has 0 radical (unpaired) electrons. The van der Waals surface area contributed by atoms with Crippen molar-refractivity contribution in [2.24, 2.45) is 0 Å². The lowest BCUT2D eigenvalue weighted by molar-refractivity contribution is -0.172. The number of hydrogen-bond donors (Lipinski definition) is 1. The summed E-state index contributed by atoms with van der Waals surface area (Å²) in [5, 5.41) is 7.60. The average Bonchev–Trinajstić information content (AvgIpc) is 2.66. The molecular formula is C12H16Cl3NO6S. The normalized spacial score (nSPS) is 27.4. The summed E-state index contributed by atoms with van der Waals surface area (Å²) in [5.74, 6) is -1.46. The molecule has 23 heavy (non-hydrogen) atoms. The Kier molecular flexibility index (Phi) is 7.73. The highest BCUT2D eigenvalue weighted by Gasteiger charge is 2.51. The zero-order valence-corrected chi connectivity index (χ0v) is 15.6. The van der Waals surface area contributed by atoms with Gasteiger partial charge in [-0.05, 0) is 6.26 Å². The van der Waals surface area contributed by atoms with Gasteiger partial charge in [0, 0.05) is 19.6 Å². The molecule has 0 aromatic carbocycles. The summed E-state index contributed by atoms with van der Waals surface area (Å²) >= 11 is 18.1. The third-order valence-corrected chi connectivity index (χ3v) is 3.87. The van der Waals surface area contributed by atoms with Crippen LogP contribution >= 0.6 is 46.6 Å². The highest BCUT2D eigenvalue weighted by Crippen LogP contribution is 2.33.